The lowest BCUT2D eigenvalue weighted by Gasteiger charge is -2.11. The predicted octanol–water partition coefficient (Wildman–Crippen LogP) is 2.68. The number of amides is 2. The third-order valence-electron chi connectivity index (χ3n) is 3.27. The van der Waals surface area contributed by atoms with Gasteiger partial charge in [-0.3, -0.25) is 9.59 Å². The van der Waals surface area contributed by atoms with Crippen molar-refractivity contribution < 1.29 is 9.59 Å². The van der Waals surface area contributed by atoms with Gasteiger partial charge in [0.05, 0.1) is 11.3 Å². The van der Waals surface area contributed by atoms with E-state index >= 15 is 0 Å². The van der Waals surface area contributed by atoms with Gasteiger partial charge in [-0.05, 0) is 37.5 Å². The second kappa shape index (κ2) is 5.61. The number of rotatable bonds is 4. The molecule has 1 saturated carbocycles. The van der Waals surface area contributed by atoms with E-state index in [1.807, 2.05) is 13.8 Å². The molecule has 0 bridgehead atoms. The number of carbonyl (C=O) groups excluding carboxylic acids is 2. The number of halogens is 1. The summed E-state index contributed by atoms with van der Waals surface area (Å²) in [6, 6.07) is 4.90. The van der Waals surface area contributed by atoms with E-state index in [9.17, 15) is 9.59 Å². The fraction of sp³-hybridized carbons (Fsp3) is 0.429. The summed E-state index contributed by atoms with van der Waals surface area (Å²) in [4.78, 5) is 23.9. The summed E-state index contributed by atoms with van der Waals surface area (Å²) in [5.74, 6) is 0.238. The summed E-state index contributed by atoms with van der Waals surface area (Å²) in [6.45, 7) is 4.40. The molecule has 1 aliphatic rings. The number of hydrogen-bond acceptors (Lipinski definition) is 2. The zero-order valence-electron chi connectivity index (χ0n) is 11.0. The molecule has 1 fully saturated rings. The molecule has 1 aromatic rings. The normalized spacial score (nSPS) is 20.8. The third kappa shape index (κ3) is 3.26. The van der Waals surface area contributed by atoms with Gasteiger partial charge in [-0.15, -0.1) is 0 Å². The summed E-state index contributed by atoms with van der Waals surface area (Å²) >= 11 is 5.90. The minimum atomic E-state index is -0.232. The largest absolute Gasteiger partial charge is 0.352 e. The number of nitrogens with one attached hydrogen (secondary N) is 2. The van der Waals surface area contributed by atoms with Crippen LogP contribution in [0.2, 0.25) is 5.02 Å². The molecular formula is C14H17ClN2O2. The molecule has 0 saturated heterocycles. The molecule has 5 heteroatoms. The van der Waals surface area contributed by atoms with Crippen molar-refractivity contribution in [2.24, 2.45) is 11.8 Å². The molecule has 2 rings (SSSR count). The summed E-state index contributed by atoms with van der Waals surface area (Å²) in [5, 5.41) is 5.99. The lowest BCUT2D eigenvalue weighted by Crippen LogP contribution is -2.25. The Morgan fingerprint density at radius 1 is 1.42 bits per heavy atom. The molecule has 2 N–H and O–H groups in total. The Hall–Kier alpha value is -1.55. The third-order valence-corrected chi connectivity index (χ3v) is 3.50. The maximum Gasteiger partial charge on any atom is 0.253 e. The van der Waals surface area contributed by atoms with Crippen LogP contribution in [-0.4, -0.2) is 18.4 Å². The van der Waals surface area contributed by atoms with Crippen LogP contribution in [0.25, 0.3) is 0 Å². The van der Waals surface area contributed by atoms with Crippen LogP contribution in [0.15, 0.2) is 18.2 Å². The standard InChI is InChI=1S/C14H17ClN2O2/c1-3-16-13(18)11-7-9(15)4-5-12(11)17-14(19)10-6-8(10)2/h4-5,7-8,10H,3,6H2,1-2H3,(H,16,18)(H,17,19)/t8-,10-/m0/s1. The van der Waals surface area contributed by atoms with Crippen molar-refractivity contribution in [3.05, 3.63) is 28.8 Å². The smallest absolute Gasteiger partial charge is 0.253 e. The van der Waals surface area contributed by atoms with Crippen molar-refractivity contribution in [2.45, 2.75) is 20.3 Å². The molecule has 1 aliphatic carbocycles. The van der Waals surface area contributed by atoms with Crippen molar-refractivity contribution in [1.29, 1.82) is 0 Å². The Morgan fingerprint density at radius 2 is 2.11 bits per heavy atom. The monoisotopic (exact) mass is 280 g/mol. The highest BCUT2D eigenvalue weighted by atomic mass is 35.5. The van der Waals surface area contributed by atoms with Crippen LogP contribution < -0.4 is 10.6 Å². The zero-order valence-corrected chi connectivity index (χ0v) is 11.8. The highest BCUT2D eigenvalue weighted by Crippen LogP contribution is 2.38. The lowest BCUT2D eigenvalue weighted by molar-refractivity contribution is -0.117. The number of benzene rings is 1. The molecule has 0 spiro atoms. The molecule has 0 unspecified atom stereocenters. The van der Waals surface area contributed by atoms with E-state index in [4.69, 9.17) is 11.6 Å². The first-order valence-corrected chi connectivity index (χ1v) is 6.79. The van der Waals surface area contributed by atoms with Crippen molar-refractivity contribution >= 4 is 29.1 Å². The van der Waals surface area contributed by atoms with Gasteiger partial charge in [0, 0.05) is 17.5 Å². The Morgan fingerprint density at radius 3 is 2.68 bits per heavy atom. The van der Waals surface area contributed by atoms with E-state index in [-0.39, 0.29) is 17.7 Å². The van der Waals surface area contributed by atoms with E-state index in [1.165, 1.54) is 0 Å². The predicted molar refractivity (Wildman–Crippen MR) is 75.4 cm³/mol. The average Bonchev–Trinajstić information content (AvgIpc) is 3.09. The first-order chi connectivity index (χ1) is 9.02. The van der Waals surface area contributed by atoms with Crippen LogP contribution >= 0.6 is 11.6 Å². The summed E-state index contributed by atoms with van der Waals surface area (Å²) < 4.78 is 0. The van der Waals surface area contributed by atoms with Gasteiger partial charge in [-0.1, -0.05) is 18.5 Å². The van der Waals surface area contributed by atoms with Crippen LogP contribution in [-0.2, 0) is 4.79 Å². The van der Waals surface area contributed by atoms with Crippen LogP contribution in [0.1, 0.15) is 30.6 Å². The zero-order chi connectivity index (χ0) is 14.0. The van der Waals surface area contributed by atoms with Crippen molar-refractivity contribution in [1.82, 2.24) is 5.32 Å². The molecule has 1 aromatic carbocycles. The second-order valence-electron chi connectivity index (χ2n) is 4.86. The van der Waals surface area contributed by atoms with E-state index < -0.39 is 0 Å². The van der Waals surface area contributed by atoms with Gasteiger partial charge in [0.15, 0.2) is 0 Å². The van der Waals surface area contributed by atoms with Crippen LogP contribution in [0.5, 0.6) is 0 Å². The van der Waals surface area contributed by atoms with Gasteiger partial charge in [-0.25, -0.2) is 0 Å². The fourth-order valence-electron chi connectivity index (χ4n) is 1.98. The SMILES string of the molecule is CCNC(=O)c1cc(Cl)ccc1NC(=O)[C@H]1C[C@@H]1C. The van der Waals surface area contributed by atoms with E-state index in [0.29, 0.717) is 28.7 Å². The Labute approximate surface area is 117 Å². The molecule has 102 valence electrons. The van der Waals surface area contributed by atoms with Gasteiger partial charge in [0.2, 0.25) is 5.91 Å². The molecule has 0 aromatic heterocycles. The van der Waals surface area contributed by atoms with Crippen molar-refractivity contribution in [2.75, 3.05) is 11.9 Å². The highest BCUT2D eigenvalue weighted by Gasteiger charge is 2.39. The van der Waals surface area contributed by atoms with E-state index in [2.05, 4.69) is 10.6 Å². The van der Waals surface area contributed by atoms with E-state index in [0.717, 1.165) is 6.42 Å². The lowest BCUT2D eigenvalue weighted by atomic mass is 10.1. The molecule has 19 heavy (non-hydrogen) atoms. The first-order valence-electron chi connectivity index (χ1n) is 6.41. The molecule has 0 aliphatic heterocycles. The Bertz CT molecular complexity index is 516. The minimum Gasteiger partial charge on any atom is -0.352 e. The van der Waals surface area contributed by atoms with Gasteiger partial charge < -0.3 is 10.6 Å². The number of hydrogen-bond donors (Lipinski definition) is 2. The minimum absolute atomic E-state index is 0.0274. The molecule has 2 atom stereocenters. The topological polar surface area (TPSA) is 58.2 Å². The van der Waals surface area contributed by atoms with Gasteiger partial charge in [-0.2, -0.15) is 0 Å². The van der Waals surface area contributed by atoms with Gasteiger partial charge >= 0.3 is 0 Å². The Balaban J connectivity index is 2.19. The van der Waals surface area contributed by atoms with Gasteiger partial charge in [0.25, 0.3) is 5.91 Å². The molecule has 2 amide bonds. The van der Waals surface area contributed by atoms with Crippen LogP contribution in [0.4, 0.5) is 5.69 Å². The Kier molecular flexibility index (Phi) is 4.10. The summed E-state index contributed by atoms with van der Waals surface area (Å²) in [5.41, 5.74) is 0.912. The summed E-state index contributed by atoms with van der Waals surface area (Å²) in [6.07, 6.45) is 0.913. The first kappa shape index (κ1) is 13.9. The highest BCUT2D eigenvalue weighted by molar-refractivity contribution is 6.31. The van der Waals surface area contributed by atoms with Crippen LogP contribution in [0.3, 0.4) is 0 Å². The summed E-state index contributed by atoms with van der Waals surface area (Å²) in [7, 11) is 0. The molecule has 0 heterocycles. The second-order valence-corrected chi connectivity index (χ2v) is 5.29. The number of carbonyl (C=O) groups is 2. The molecule has 0 radical (unpaired) electrons. The van der Waals surface area contributed by atoms with Crippen molar-refractivity contribution in [3.63, 3.8) is 0 Å². The maximum absolute atomic E-state index is 11.9. The van der Waals surface area contributed by atoms with E-state index in [1.54, 1.807) is 18.2 Å². The molecular weight excluding hydrogens is 264 g/mol. The van der Waals surface area contributed by atoms with Crippen molar-refractivity contribution in [3.8, 4) is 0 Å². The number of anilines is 1. The van der Waals surface area contributed by atoms with Gasteiger partial charge in [0.1, 0.15) is 0 Å². The fourth-order valence-corrected chi connectivity index (χ4v) is 2.15. The van der Waals surface area contributed by atoms with Crippen LogP contribution in [0, 0.1) is 11.8 Å². The quantitative estimate of drug-likeness (QED) is 0.891. The molecule has 4 nitrogen and oxygen atoms in total. The maximum atomic E-state index is 11.9. The average molecular weight is 281 g/mol.